The summed E-state index contributed by atoms with van der Waals surface area (Å²) in [4.78, 5) is 20.4. The predicted molar refractivity (Wildman–Crippen MR) is 63.2 cm³/mol. The average Bonchev–Trinajstić information content (AvgIpc) is 2.83. The van der Waals surface area contributed by atoms with E-state index in [0.29, 0.717) is 23.4 Å². The lowest BCUT2D eigenvalue weighted by Crippen LogP contribution is -2.22. The third-order valence-electron chi connectivity index (χ3n) is 3.35. The van der Waals surface area contributed by atoms with Gasteiger partial charge in [-0.15, -0.1) is 0 Å². The molecule has 1 aliphatic rings. The van der Waals surface area contributed by atoms with Crippen molar-refractivity contribution in [2.45, 2.75) is 32.2 Å². The second kappa shape index (κ2) is 3.66. The molecule has 0 spiro atoms. The molecule has 1 fully saturated rings. The zero-order valence-electron chi connectivity index (χ0n) is 9.90. The molecule has 0 aliphatic carbocycles. The van der Waals surface area contributed by atoms with Crippen LogP contribution >= 0.6 is 0 Å². The summed E-state index contributed by atoms with van der Waals surface area (Å²) in [6, 6.07) is 1.89. The Bertz CT molecular complexity index is 614. The summed E-state index contributed by atoms with van der Waals surface area (Å²) in [5.74, 6) is 1.64. The molecule has 2 aromatic heterocycles. The molecule has 3 heterocycles. The number of hydrogen-bond acceptors (Lipinski definition) is 4. The van der Waals surface area contributed by atoms with Crippen LogP contribution in [0.4, 0.5) is 0 Å². The van der Waals surface area contributed by atoms with Gasteiger partial charge < -0.3 is 5.32 Å². The largest absolute Gasteiger partial charge is 0.314 e. The second-order valence-corrected chi connectivity index (χ2v) is 4.62. The van der Waals surface area contributed by atoms with Crippen LogP contribution in [-0.4, -0.2) is 32.2 Å². The van der Waals surface area contributed by atoms with Crippen LogP contribution in [-0.2, 0) is 0 Å². The second-order valence-electron chi connectivity index (χ2n) is 4.62. The van der Waals surface area contributed by atoms with E-state index in [4.69, 9.17) is 0 Å². The number of nitrogens with one attached hydrogen (secondary N) is 2. The third-order valence-corrected chi connectivity index (χ3v) is 3.35. The highest BCUT2D eigenvalue weighted by atomic mass is 16.1. The van der Waals surface area contributed by atoms with E-state index in [1.165, 1.54) is 10.6 Å². The Morgan fingerprint density at radius 3 is 3.00 bits per heavy atom. The van der Waals surface area contributed by atoms with Crippen molar-refractivity contribution in [3.8, 4) is 0 Å². The maximum absolute atomic E-state index is 11.7. The Morgan fingerprint density at radius 1 is 1.47 bits per heavy atom. The Kier molecular flexibility index (Phi) is 2.25. The Morgan fingerprint density at radius 2 is 2.29 bits per heavy atom. The van der Waals surface area contributed by atoms with Gasteiger partial charge >= 0.3 is 0 Å². The minimum Gasteiger partial charge on any atom is -0.314 e. The zero-order valence-corrected chi connectivity index (χ0v) is 9.90. The molecule has 0 aromatic carbocycles. The smallest absolute Gasteiger partial charge is 0.274 e. The summed E-state index contributed by atoms with van der Waals surface area (Å²) < 4.78 is 1.41. The van der Waals surface area contributed by atoms with Crippen molar-refractivity contribution in [2.75, 3.05) is 6.54 Å². The number of hydrogen-bond donors (Lipinski definition) is 2. The van der Waals surface area contributed by atoms with Gasteiger partial charge in [0.15, 0.2) is 0 Å². The van der Waals surface area contributed by atoms with Crippen molar-refractivity contribution in [3.05, 3.63) is 27.9 Å². The van der Waals surface area contributed by atoms with E-state index in [1.54, 1.807) is 6.92 Å². The lowest BCUT2D eigenvalue weighted by atomic mass is 10.0. The third kappa shape index (κ3) is 1.64. The number of nitrogens with zero attached hydrogens (tertiary/aromatic N) is 3. The standard InChI is InChI=1S/C11H15N5O/c1-6-5-9(17)16-11(13-6)14-10(15-16)8-3-4-12-7(8)2/h5,7-8,12H,3-4H2,1-2H3,(H,13,14,15). The molecular formula is C11H15N5O. The first kappa shape index (κ1) is 10.5. The zero-order chi connectivity index (χ0) is 12.0. The van der Waals surface area contributed by atoms with Crippen LogP contribution in [0.25, 0.3) is 5.78 Å². The number of aromatic amines is 1. The van der Waals surface area contributed by atoms with Gasteiger partial charge in [0.1, 0.15) is 5.82 Å². The number of fused-ring (bicyclic) bond motifs is 1. The molecule has 1 saturated heterocycles. The SMILES string of the molecule is Cc1cc(=O)n2[nH]c(C3CCNC3C)nc2n1. The molecule has 0 bridgehead atoms. The van der Waals surface area contributed by atoms with Crippen LogP contribution < -0.4 is 10.9 Å². The van der Waals surface area contributed by atoms with Gasteiger partial charge in [-0.1, -0.05) is 0 Å². The van der Waals surface area contributed by atoms with Gasteiger partial charge in [0.25, 0.3) is 11.3 Å². The van der Waals surface area contributed by atoms with Crippen molar-refractivity contribution in [1.29, 1.82) is 0 Å². The topological polar surface area (TPSA) is 75.1 Å². The van der Waals surface area contributed by atoms with Crippen LogP contribution in [0.15, 0.2) is 10.9 Å². The number of H-pyrrole nitrogens is 1. The normalized spacial score (nSPS) is 24.6. The first-order valence-corrected chi connectivity index (χ1v) is 5.85. The summed E-state index contributed by atoms with van der Waals surface area (Å²) in [6.07, 6.45) is 1.04. The average molecular weight is 233 g/mol. The lowest BCUT2D eigenvalue weighted by molar-refractivity contribution is 0.567. The Hall–Kier alpha value is -1.69. The minimum atomic E-state index is -0.107. The van der Waals surface area contributed by atoms with E-state index in [9.17, 15) is 4.79 Å². The number of aryl methyl sites for hydroxylation is 1. The van der Waals surface area contributed by atoms with Crippen molar-refractivity contribution in [3.63, 3.8) is 0 Å². The Labute approximate surface area is 98.1 Å². The monoisotopic (exact) mass is 233 g/mol. The summed E-state index contributed by atoms with van der Waals surface area (Å²) in [6.45, 7) is 4.92. The molecule has 2 unspecified atom stereocenters. The summed E-state index contributed by atoms with van der Waals surface area (Å²) in [5.41, 5.74) is 0.593. The fraction of sp³-hybridized carbons (Fsp3) is 0.545. The van der Waals surface area contributed by atoms with E-state index in [-0.39, 0.29) is 5.56 Å². The molecule has 2 aromatic rings. The van der Waals surface area contributed by atoms with Crippen LogP contribution in [0.3, 0.4) is 0 Å². The van der Waals surface area contributed by atoms with E-state index >= 15 is 0 Å². The van der Waals surface area contributed by atoms with E-state index in [0.717, 1.165) is 18.8 Å². The van der Waals surface area contributed by atoms with Gasteiger partial charge in [-0.25, -0.2) is 4.98 Å². The van der Waals surface area contributed by atoms with Gasteiger partial charge in [-0.05, 0) is 26.8 Å². The number of rotatable bonds is 1. The fourth-order valence-corrected chi connectivity index (χ4v) is 2.41. The molecule has 2 N–H and O–H groups in total. The Balaban J connectivity index is 2.13. The van der Waals surface area contributed by atoms with Gasteiger partial charge in [0.2, 0.25) is 0 Å². The van der Waals surface area contributed by atoms with Crippen LogP contribution in [0.2, 0.25) is 0 Å². The van der Waals surface area contributed by atoms with Gasteiger partial charge in [-0.3, -0.25) is 9.89 Å². The van der Waals surface area contributed by atoms with Gasteiger partial charge in [0, 0.05) is 23.7 Å². The molecule has 1 aliphatic heterocycles. The molecule has 6 nitrogen and oxygen atoms in total. The first-order valence-electron chi connectivity index (χ1n) is 5.85. The maximum Gasteiger partial charge on any atom is 0.274 e. The molecular weight excluding hydrogens is 218 g/mol. The molecule has 6 heteroatoms. The highest BCUT2D eigenvalue weighted by Crippen LogP contribution is 2.24. The summed E-state index contributed by atoms with van der Waals surface area (Å²) in [5, 5.41) is 6.42. The summed E-state index contributed by atoms with van der Waals surface area (Å²) >= 11 is 0. The highest BCUT2D eigenvalue weighted by Gasteiger charge is 2.27. The molecule has 0 radical (unpaired) electrons. The lowest BCUT2D eigenvalue weighted by Gasteiger charge is -2.10. The summed E-state index contributed by atoms with van der Waals surface area (Å²) in [7, 11) is 0. The van der Waals surface area contributed by atoms with Gasteiger partial charge in [0.05, 0.1) is 0 Å². The van der Waals surface area contributed by atoms with Crippen molar-refractivity contribution in [1.82, 2.24) is 24.9 Å². The predicted octanol–water partition coefficient (Wildman–Crippen LogP) is 0.191. The van der Waals surface area contributed by atoms with Crippen LogP contribution in [0.5, 0.6) is 0 Å². The van der Waals surface area contributed by atoms with Gasteiger partial charge in [-0.2, -0.15) is 9.50 Å². The quantitative estimate of drug-likeness (QED) is 0.737. The van der Waals surface area contributed by atoms with E-state index in [1.807, 2.05) is 0 Å². The van der Waals surface area contributed by atoms with E-state index < -0.39 is 0 Å². The molecule has 2 atom stereocenters. The molecule has 17 heavy (non-hydrogen) atoms. The fourth-order valence-electron chi connectivity index (χ4n) is 2.41. The minimum absolute atomic E-state index is 0.107. The van der Waals surface area contributed by atoms with E-state index in [2.05, 4.69) is 27.3 Å². The highest BCUT2D eigenvalue weighted by molar-refractivity contribution is 5.29. The van der Waals surface area contributed by atoms with Crippen molar-refractivity contribution in [2.24, 2.45) is 0 Å². The molecule has 90 valence electrons. The molecule has 3 rings (SSSR count). The molecule has 0 amide bonds. The van der Waals surface area contributed by atoms with Crippen molar-refractivity contribution < 1.29 is 0 Å². The number of aromatic nitrogens is 4. The molecule has 0 saturated carbocycles. The first-order chi connectivity index (χ1) is 8.15. The van der Waals surface area contributed by atoms with Crippen LogP contribution in [0, 0.1) is 6.92 Å². The maximum atomic E-state index is 11.7. The van der Waals surface area contributed by atoms with Crippen molar-refractivity contribution >= 4 is 5.78 Å². The van der Waals surface area contributed by atoms with Crippen LogP contribution in [0.1, 0.15) is 30.8 Å².